The van der Waals surface area contributed by atoms with Crippen LogP contribution >= 0.6 is 11.8 Å². The molecule has 0 amide bonds. The van der Waals surface area contributed by atoms with Crippen molar-refractivity contribution >= 4 is 22.7 Å². The fourth-order valence-corrected chi connectivity index (χ4v) is 3.51. The highest BCUT2D eigenvalue weighted by Gasteiger charge is 2.39. The van der Waals surface area contributed by atoms with E-state index in [0.717, 1.165) is 12.8 Å². The minimum absolute atomic E-state index is 0.0580. The molecule has 2 nitrogen and oxygen atoms in total. The van der Waals surface area contributed by atoms with Gasteiger partial charge in [-0.2, -0.15) is 0 Å². The van der Waals surface area contributed by atoms with Crippen molar-refractivity contribution in [2.45, 2.75) is 51.7 Å². The number of hydrogen-bond acceptors (Lipinski definition) is 3. The molecule has 0 N–H and O–H groups in total. The second-order valence-electron chi connectivity index (χ2n) is 5.10. The molecule has 3 heteroatoms. The van der Waals surface area contributed by atoms with Gasteiger partial charge in [0.2, 0.25) is 0 Å². The SMILES string of the molecule is CC(=O)SC(C)(C)C1CC[C@@H](C)CC1=O. The molecule has 0 heterocycles. The van der Waals surface area contributed by atoms with Crippen LogP contribution in [0.5, 0.6) is 0 Å². The average Bonchev–Trinajstić information content (AvgIpc) is 1.99. The standard InChI is InChI=1S/C12H20O2S/c1-8-5-6-10(11(14)7-8)12(3,4)15-9(2)13/h8,10H,5-7H2,1-4H3/t8-,10?/m1/s1. The summed E-state index contributed by atoms with van der Waals surface area (Å²) in [7, 11) is 0. The van der Waals surface area contributed by atoms with Gasteiger partial charge in [0.05, 0.1) is 0 Å². The zero-order chi connectivity index (χ0) is 11.6. The summed E-state index contributed by atoms with van der Waals surface area (Å²) in [5, 5.41) is 0.103. The smallest absolute Gasteiger partial charge is 0.186 e. The molecule has 1 aliphatic rings. The summed E-state index contributed by atoms with van der Waals surface area (Å²) in [5.74, 6) is 0.918. The lowest BCUT2D eigenvalue weighted by Gasteiger charge is -2.36. The van der Waals surface area contributed by atoms with Crippen molar-refractivity contribution in [2.75, 3.05) is 0 Å². The summed E-state index contributed by atoms with van der Waals surface area (Å²) in [6, 6.07) is 0. The molecular formula is C12H20O2S. The van der Waals surface area contributed by atoms with E-state index in [2.05, 4.69) is 6.92 Å². The van der Waals surface area contributed by atoms with E-state index >= 15 is 0 Å². The fraction of sp³-hybridized carbons (Fsp3) is 0.833. The summed E-state index contributed by atoms with van der Waals surface area (Å²) in [6.45, 7) is 7.72. The van der Waals surface area contributed by atoms with E-state index in [-0.39, 0.29) is 15.8 Å². The molecule has 1 saturated carbocycles. The van der Waals surface area contributed by atoms with E-state index in [9.17, 15) is 9.59 Å². The molecule has 0 aliphatic heterocycles. The average molecular weight is 228 g/mol. The van der Waals surface area contributed by atoms with Crippen molar-refractivity contribution in [1.82, 2.24) is 0 Å². The molecule has 86 valence electrons. The summed E-state index contributed by atoms with van der Waals surface area (Å²) < 4.78 is -0.233. The van der Waals surface area contributed by atoms with E-state index < -0.39 is 0 Å². The molecule has 1 fully saturated rings. The first kappa shape index (κ1) is 12.8. The van der Waals surface area contributed by atoms with Crippen molar-refractivity contribution in [3.63, 3.8) is 0 Å². The lowest BCUT2D eigenvalue weighted by atomic mass is 9.76. The second kappa shape index (κ2) is 4.69. The molecule has 1 aliphatic carbocycles. The van der Waals surface area contributed by atoms with Gasteiger partial charge in [0.1, 0.15) is 5.78 Å². The van der Waals surface area contributed by atoms with E-state index in [0.29, 0.717) is 18.1 Å². The Balaban J connectivity index is 2.70. The van der Waals surface area contributed by atoms with Crippen LogP contribution in [0, 0.1) is 11.8 Å². The first-order chi connectivity index (χ1) is 6.83. The number of hydrogen-bond donors (Lipinski definition) is 0. The third-order valence-electron chi connectivity index (χ3n) is 3.13. The van der Waals surface area contributed by atoms with Gasteiger partial charge in [0, 0.05) is 24.0 Å². The summed E-state index contributed by atoms with van der Waals surface area (Å²) >= 11 is 1.31. The third-order valence-corrected chi connectivity index (χ3v) is 4.23. The van der Waals surface area contributed by atoms with Gasteiger partial charge in [0.15, 0.2) is 5.12 Å². The van der Waals surface area contributed by atoms with E-state index in [1.165, 1.54) is 11.8 Å². The molecule has 0 radical (unpaired) electrons. The molecule has 1 rings (SSSR count). The van der Waals surface area contributed by atoms with Crippen LogP contribution < -0.4 is 0 Å². The number of carbonyl (C=O) groups excluding carboxylic acids is 2. The minimum atomic E-state index is -0.233. The highest BCUT2D eigenvalue weighted by molar-refractivity contribution is 8.14. The maximum absolute atomic E-state index is 11.9. The molecule has 0 aromatic heterocycles. The van der Waals surface area contributed by atoms with E-state index in [1.807, 2.05) is 13.8 Å². The number of thioether (sulfide) groups is 1. The topological polar surface area (TPSA) is 34.1 Å². The molecular weight excluding hydrogens is 208 g/mol. The largest absolute Gasteiger partial charge is 0.299 e. The zero-order valence-corrected chi connectivity index (χ0v) is 10.8. The molecule has 2 atom stereocenters. The van der Waals surface area contributed by atoms with Gasteiger partial charge < -0.3 is 0 Å². The quantitative estimate of drug-likeness (QED) is 0.728. The Morgan fingerprint density at radius 1 is 1.40 bits per heavy atom. The van der Waals surface area contributed by atoms with Crippen molar-refractivity contribution in [1.29, 1.82) is 0 Å². The lowest BCUT2D eigenvalue weighted by Crippen LogP contribution is -2.38. The minimum Gasteiger partial charge on any atom is -0.299 e. The maximum Gasteiger partial charge on any atom is 0.186 e. The third kappa shape index (κ3) is 3.33. The Kier molecular flexibility index (Phi) is 3.99. The Hall–Kier alpha value is -0.310. The molecule has 15 heavy (non-hydrogen) atoms. The Morgan fingerprint density at radius 3 is 2.47 bits per heavy atom. The first-order valence-corrected chi connectivity index (χ1v) is 6.37. The summed E-state index contributed by atoms with van der Waals surface area (Å²) in [5.41, 5.74) is 0. The van der Waals surface area contributed by atoms with Crippen LogP contribution in [0.25, 0.3) is 0 Å². The number of Topliss-reactive ketones (excluding diaryl/α,β-unsaturated/α-hetero) is 1. The van der Waals surface area contributed by atoms with Crippen LogP contribution in [0.4, 0.5) is 0 Å². The van der Waals surface area contributed by atoms with Gasteiger partial charge in [-0.05, 0) is 32.6 Å². The lowest BCUT2D eigenvalue weighted by molar-refractivity contribution is -0.126. The van der Waals surface area contributed by atoms with Crippen LogP contribution in [-0.2, 0) is 9.59 Å². The predicted octanol–water partition coefficient (Wildman–Crippen LogP) is 3.05. The molecule has 0 saturated heterocycles. The zero-order valence-electron chi connectivity index (χ0n) is 10.0. The fourth-order valence-electron chi connectivity index (χ4n) is 2.38. The monoisotopic (exact) mass is 228 g/mol. The number of ketones is 1. The van der Waals surface area contributed by atoms with Crippen LogP contribution in [0.1, 0.15) is 47.0 Å². The number of carbonyl (C=O) groups is 2. The van der Waals surface area contributed by atoms with Gasteiger partial charge in [-0.15, -0.1) is 0 Å². The maximum atomic E-state index is 11.9. The molecule has 1 unspecified atom stereocenters. The predicted molar refractivity (Wildman–Crippen MR) is 63.9 cm³/mol. The molecule has 0 aromatic carbocycles. The number of rotatable bonds is 2. The van der Waals surface area contributed by atoms with Crippen molar-refractivity contribution in [3.8, 4) is 0 Å². The van der Waals surface area contributed by atoms with Crippen LogP contribution in [0.3, 0.4) is 0 Å². The van der Waals surface area contributed by atoms with Crippen molar-refractivity contribution in [2.24, 2.45) is 11.8 Å². The van der Waals surface area contributed by atoms with E-state index in [1.54, 1.807) is 6.92 Å². The van der Waals surface area contributed by atoms with Crippen molar-refractivity contribution < 1.29 is 9.59 Å². The van der Waals surface area contributed by atoms with E-state index in [4.69, 9.17) is 0 Å². The summed E-state index contributed by atoms with van der Waals surface area (Å²) in [4.78, 5) is 23.0. The van der Waals surface area contributed by atoms with Gasteiger partial charge in [-0.25, -0.2) is 0 Å². The highest BCUT2D eigenvalue weighted by atomic mass is 32.2. The Bertz CT molecular complexity index is 271. The first-order valence-electron chi connectivity index (χ1n) is 5.55. The summed E-state index contributed by atoms with van der Waals surface area (Å²) in [6.07, 6.45) is 2.73. The van der Waals surface area contributed by atoms with Gasteiger partial charge in [0.25, 0.3) is 0 Å². The van der Waals surface area contributed by atoms with Crippen molar-refractivity contribution in [3.05, 3.63) is 0 Å². The molecule has 0 bridgehead atoms. The van der Waals surface area contributed by atoms with Gasteiger partial charge in [-0.1, -0.05) is 18.7 Å². The van der Waals surface area contributed by atoms with Gasteiger partial charge in [-0.3, -0.25) is 9.59 Å². The molecule has 0 spiro atoms. The van der Waals surface area contributed by atoms with Crippen LogP contribution in [0.2, 0.25) is 0 Å². The van der Waals surface area contributed by atoms with Crippen LogP contribution in [-0.4, -0.2) is 15.6 Å². The Labute approximate surface area is 96.2 Å². The molecule has 0 aromatic rings. The highest BCUT2D eigenvalue weighted by Crippen LogP contribution is 2.40. The van der Waals surface area contributed by atoms with Gasteiger partial charge >= 0.3 is 0 Å². The van der Waals surface area contributed by atoms with Crippen LogP contribution in [0.15, 0.2) is 0 Å². The normalized spacial score (nSPS) is 27.9. The second-order valence-corrected chi connectivity index (χ2v) is 6.93. The Morgan fingerprint density at radius 2 is 2.00 bits per heavy atom.